The fraction of sp³-hybridized carbons (Fsp3) is 0.438. The Labute approximate surface area is 123 Å². The fourth-order valence-corrected chi connectivity index (χ4v) is 3.24. The smallest absolute Gasteiger partial charge is 0.231 e. The van der Waals surface area contributed by atoms with E-state index in [1.165, 1.54) is 6.42 Å². The zero-order valence-corrected chi connectivity index (χ0v) is 11.8. The average Bonchev–Trinajstić information content (AvgIpc) is 3.11. The van der Waals surface area contributed by atoms with E-state index in [4.69, 9.17) is 15.2 Å². The van der Waals surface area contributed by atoms with Gasteiger partial charge < -0.3 is 20.5 Å². The summed E-state index contributed by atoms with van der Waals surface area (Å²) in [6.07, 6.45) is 5.26. The molecule has 1 aromatic carbocycles. The lowest BCUT2D eigenvalue weighted by molar-refractivity contribution is 0.174. The molecule has 0 saturated heterocycles. The van der Waals surface area contributed by atoms with Gasteiger partial charge in [0.05, 0.1) is 0 Å². The van der Waals surface area contributed by atoms with Crippen molar-refractivity contribution in [2.24, 2.45) is 11.7 Å². The normalized spacial score (nSPS) is 23.7. The highest BCUT2D eigenvalue weighted by atomic mass is 16.7. The second-order valence-electron chi connectivity index (χ2n) is 5.91. The van der Waals surface area contributed by atoms with Crippen LogP contribution in [-0.4, -0.2) is 24.4 Å². The Balaban J connectivity index is 1.59. The molecule has 1 aliphatic heterocycles. The van der Waals surface area contributed by atoms with Gasteiger partial charge in [0, 0.05) is 24.2 Å². The van der Waals surface area contributed by atoms with E-state index in [1.54, 1.807) is 0 Å². The van der Waals surface area contributed by atoms with Crippen LogP contribution in [0.25, 0.3) is 10.8 Å². The van der Waals surface area contributed by atoms with Crippen LogP contribution in [0.15, 0.2) is 24.4 Å². The van der Waals surface area contributed by atoms with Crippen LogP contribution in [0.4, 0.5) is 5.82 Å². The molecule has 2 aromatic rings. The molecule has 2 unspecified atom stereocenters. The first-order valence-corrected chi connectivity index (χ1v) is 7.47. The molecule has 0 bridgehead atoms. The number of anilines is 1. The van der Waals surface area contributed by atoms with E-state index in [1.807, 2.05) is 24.4 Å². The van der Waals surface area contributed by atoms with Gasteiger partial charge in [0.15, 0.2) is 11.5 Å². The molecule has 0 spiro atoms. The third-order valence-electron chi connectivity index (χ3n) is 4.40. The molecule has 1 aromatic heterocycles. The first kappa shape index (κ1) is 12.7. The van der Waals surface area contributed by atoms with Gasteiger partial charge in [-0.25, -0.2) is 4.98 Å². The Morgan fingerprint density at radius 3 is 2.90 bits per heavy atom. The molecule has 21 heavy (non-hydrogen) atoms. The average molecular weight is 285 g/mol. The highest BCUT2D eigenvalue weighted by Crippen LogP contribution is 2.38. The van der Waals surface area contributed by atoms with Crippen molar-refractivity contribution in [3.05, 3.63) is 24.4 Å². The number of nitrogens with two attached hydrogens (primary N) is 1. The van der Waals surface area contributed by atoms with Crippen molar-refractivity contribution in [1.29, 1.82) is 0 Å². The van der Waals surface area contributed by atoms with Crippen LogP contribution >= 0.6 is 0 Å². The van der Waals surface area contributed by atoms with Gasteiger partial charge >= 0.3 is 0 Å². The Kier molecular flexibility index (Phi) is 3.07. The van der Waals surface area contributed by atoms with Gasteiger partial charge in [-0.2, -0.15) is 0 Å². The van der Waals surface area contributed by atoms with E-state index < -0.39 is 0 Å². The summed E-state index contributed by atoms with van der Waals surface area (Å²) in [5, 5.41) is 5.66. The number of aromatic nitrogens is 1. The molecule has 0 radical (unpaired) electrons. The zero-order chi connectivity index (χ0) is 14.2. The van der Waals surface area contributed by atoms with Crippen molar-refractivity contribution < 1.29 is 9.47 Å². The first-order chi connectivity index (χ1) is 10.3. The maximum absolute atomic E-state index is 5.97. The molecular weight excluding hydrogens is 266 g/mol. The van der Waals surface area contributed by atoms with Crippen LogP contribution in [0.3, 0.4) is 0 Å². The topological polar surface area (TPSA) is 69.4 Å². The fourth-order valence-electron chi connectivity index (χ4n) is 3.24. The zero-order valence-electron chi connectivity index (χ0n) is 11.8. The molecule has 5 nitrogen and oxygen atoms in total. The lowest BCUT2D eigenvalue weighted by Crippen LogP contribution is -2.18. The molecular formula is C16H19N3O2. The van der Waals surface area contributed by atoms with Gasteiger partial charge in [-0.3, -0.25) is 0 Å². The van der Waals surface area contributed by atoms with E-state index in [9.17, 15) is 0 Å². The molecule has 1 aliphatic carbocycles. The van der Waals surface area contributed by atoms with Gasteiger partial charge in [0.25, 0.3) is 0 Å². The van der Waals surface area contributed by atoms with E-state index in [0.717, 1.165) is 47.5 Å². The summed E-state index contributed by atoms with van der Waals surface area (Å²) in [4.78, 5) is 4.47. The Bertz CT molecular complexity index is 674. The third kappa shape index (κ3) is 2.38. The summed E-state index contributed by atoms with van der Waals surface area (Å²) in [6, 6.07) is 6.38. The Hall–Kier alpha value is -2.01. The van der Waals surface area contributed by atoms with Crippen LogP contribution in [0.5, 0.6) is 11.5 Å². The molecule has 0 amide bonds. The summed E-state index contributed by atoms with van der Waals surface area (Å²) >= 11 is 0. The monoisotopic (exact) mass is 285 g/mol. The van der Waals surface area contributed by atoms with E-state index >= 15 is 0 Å². The molecule has 110 valence electrons. The largest absolute Gasteiger partial charge is 0.454 e. The van der Waals surface area contributed by atoms with Crippen LogP contribution in [0.2, 0.25) is 0 Å². The summed E-state index contributed by atoms with van der Waals surface area (Å²) in [7, 11) is 0. The highest BCUT2D eigenvalue weighted by molar-refractivity contribution is 5.94. The Morgan fingerprint density at radius 1 is 1.24 bits per heavy atom. The van der Waals surface area contributed by atoms with Gasteiger partial charge in [-0.1, -0.05) is 0 Å². The van der Waals surface area contributed by atoms with Gasteiger partial charge in [-0.15, -0.1) is 0 Å². The van der Waals surface area contributed by atoms with Crippen LogP contribution in [0.1, 0.15) is 19.3 Å². The number of nitrogens with one attached hydrogen (secondary N) is 1. The molecule has 1 fully saturated rings. The van der Waals surface area contributed by atoms with Crippen molar-refractivity contribution >= 4 is 16.6 Å². The van der Waals surface area contributed by atoms with E-state index in [-0.39, 0.29) is 0 Å². The molecule has 2 heterocycles. The maximum Gasteiger partial charge on any atom is 0.231 e. The number of hydrogen-bond acceptors (Lipinski definition) is 5. The number of fused-ring (bicyclic) bond motifs is 2. The van der Waals surface area contributed by atoms with Crippen LogP contribution < -0.4 is 20.5 Å². The molecule has 2 atom stereocenters. The number of ether oxygens (including phenoxy) is 2. The standard InChI is InChI=1S/C16H19N3O2/c17-12-2-1-10(5-12)8-19-16-13-7-15-14(20-9-21-15)6-11(13)3-4-18-16/h3-4,6-7,10,12H,1-2,5,8-9,17H2,(H,18,19). The minimum Gasteiger partial charge on any atom is -0.454 e. The predicted octanol–water partition coefficient (Wildman–Crippen LogP) is 2.50. The number of nitrogens with zero attached hydrogens (tertiary/aromatic N) is 1. The van der Waals surface area contributed by atoms with E-state index in [2.05, 4.69) is 10.3 Å². The first-order valence-electron chi connectivity index (χ1n) is 7.47. The van der Waals surface area contributed by atoms with E-state index in [0.29, 0.717) is 18.8 Å². The van der Waals surface area contributed by atoms with Gasteiger partial charge in [0.2, 0.25) is 6.79 Å². The molecule has 2 aliphatic rings. The van der Waals surface area contributed by atoms with Crippen molar-refractivity contribution in [3.63, 3.8) is 0 Å². The van der Waals surface area contributed by atoms with Crippen molar-refractivity contribution in [2.45, 2.75) is 25.3 Å². The maximum atomic E-state index is 5.97. The Morgan fingerprint density at radius 2 is 2.10 bits per heavy atom. The third-order valence-corrected chi connectivity index (χ3v) is 4.40. The second-order valence-corrected chi connectivity index (χ2v) is 5.91. The SMILES string of the molecule is NC1CCC(CNc2nccc3cc4c(cc23)OCO4)C1. The minimum absolute atomic E-state index is 0.293. The van der Waals surface area contributed by atoms with Gasteiger partial charge in [-0.05, 0) is 48.8 Å². The van der Waals surface area contributed by atoms with Crippen LogP contribution in [-0.2, 0) is 0 Å². The number of benzene rings is 1. The molecule has 3 N–H and O–H groups in total. The quantitative estimate of drug-likeness (QED) is 0.906. The number of rotatable bonds is 3. The summed E-state index contributed by atoms with van der Waals surface area (Å²) in [5.41, 5.74) is 5.97. The minimum atomic E-state index is 0.293. The van der Waals surface area contributed by atoms with Crippen LogP contribution in [0, 0.1) is 5.92 Å². The summed E-state index contributed by atoms with van der Waals surface area (Å²) in [6.45, 7) is 1.22. The summed E-state index contributed by atoms with van der Waals surface area (Å²) < 4.78 is 10.9. The molecule has 1 saturated carbocycles. The number of hydrogen-bond donors (Lipinski definition) is 2. The van der Waals surface area contributed by atoms with Gasteiger partial charge in [0.1, 0.15) is 5.82 Å². The molecule has 4 rings (SSSR count). The predicted molar refractivity (Wildman–Crippen MR) is 81.7 cm³/mol. The second kappa shape index (κ2) is 5.07. The number of pyridine rings is 1. The van der Waals surface area contributed by atoms with Crippen molar-refractivity contribution in [1.82, 2.24) is 4.98 Å². The molecule has 5 heteroatoms. The highest BCUT2D eigenvalue weighted by Gasteiger charge is 2.22. The lowest BCUT2D eigenvalue weighted by atomic mass is 10.1. The van der Waals surface area contributed by atoms with Crippen molar-refractivity contribution in [3.8, 4) is 11.5 Å². The lowest BCUT2D eigenvalue weighted by Gasteiger charge is -2.13. The van der Waals surface area contributed by atoms with Crippen molar-refractivity contribution in [2.75, 3.05) is 18.7 Å². The summed E-state index contributed by atoms with van der Waals surface area (Å²) in [5.74, 6) is 3.15.